The Hall–Kier alpha value is -1.59. The third-order valence-electron chi connectivity index (χ3n) is 5.04. The Balaban J connectivity index is 1.93. The molecule has 5 heteroatoms. The van der Waals surface area contributed by atoms with Crippen LogP contribution in [0.3, 0.4) is 0 Å². The Labute approximate surface area is 162 Å². The van der Waals surface area contributed by atoms with Crippen LogP contribution in [-0.2, 0) is 12.8 Å². The van der Waals surface area contributed by atoms with E-state index in [0.717, 1.165) is 52.5 Å². The smallest absolute Gasteiger partial charge is 0.267 e. The number of fused-ring (bicyclic) bond motifs is 3. The number of benzene rings is 1. The Morgan fingerprint density at radius 2 is 2.12 bits per heavy atom. The molecule has 0 bridgehead atoms. The molecule has 0 radical (unpaired) electrons. The summed E-state index contributed by atoms with van der Waals surface area (Å²) in [4.78, 5) is 20.8. The molecule has 3 nitrogen and oxygen atoms in total. The van der Waals surface area contributed by atoms with Gasteiger partial charge in [0.05, 0.1) is 11.1 Å². The molecule has 1 aliphatic rings. The molecule has 0 saturated carbocycles. The summed E-state index contributed by atoms with van der Waals surface area (Å²) in [5, 5.41) is 1.69. The van der Waals surface area contributed by atoms with Gasteiger partial charge in [-0.1, -0.05) is 50.2 Å². The van der Waals surface area contributed by atoms with E-state index < -0.39 is 0 Å². The van der Waals surface area contributed by atoms with Crippen molar-refractivity contribution >= 4 is 33.3 Å². The van der Waals surface area contributed by atoms with E-state index in [-0.39, 0.29) is 5.56 Å². The first-order chi connectivity index (χ1) is 12.7. The van der Waals surface area contributed by atoms with Crippen molar-refractivity contribution in [3.63, 3.8) is 0 Å². The van der Waals surface area contributed by atoms with Crippen LogP contribution in [0.25, 0.3) is 15.9 Å². The maximum atomic E-state index is 13.5. The Morgan fingerprint density at radius 3 is 2.88 bits per heavy atom. The van der Waals surface area contributed by atoms with Gasteiger partial charge < -0.3 is 0 Å². The minimum atomic E-state index is 0.104. The van der Waals surface area contributed by atoms with Gasteiger partial charge in [0, 0.05) is 10.6 Å². The summed E-state index contributed by atoms with van der Waals surface area (Å²) in [5.41, 5.74) is 2.28. The zero-order chi connectivity index (χ0) is 18.1. The molecule has 2 aromatic heterocycles. The standard InChI is InChI=1S/C21H24N2OS2/c1-3-4-12-25-21-22-19-18(16-13-14(2)10-11-17(16)26-19)20(24)23(21)15-8-6-5-7-9-15/h5-9,14H,3-4,10-13H2,1-2H3. The van der Waals surface area contributed by atoms with Gasteiger partial charge in [0.25, 0.3) is 5.56 Å². The van der Waals surface area contributed by atoms with Crippen molar-refractivity contribution in [3.05, 3.63) is 51.1 Å². The monoisotopic (exact) mass is 384 g/mol. The molecule has 0 amide bonds. The molecule has 0 fully saturated rings. The van der Waals surface area contributed by atoms with E-state index in [1.807, 2.05) is 34.9 Å². The number of aryl methyl sites for hydroxylation is 1. The van der Waals surface area contributed by atoms with Crippen LogP contribution < -0.4 is 5.56 Å². The Morgan fingerprint density at radius 1 is 1.31 bits per heavy atom. The Kier molecular flexibility index (Phi) is 5.18. The van der Waals surface area contributed by atoms with Crippen LogP contribution in [0, 0.1) is 5.92 Å². The fourth-order valence-electron chi connectivity index (χ4n) is 3.59. The maximum absolute atomic E-state index is 13.5. The molecule has 136 valence electrons. The first-order valence-corrected chi connectivity index (χ1v) is 11.2. The van der Waals surface area contributed by atoms with Crippen molar-refractivity contribution in [1.82, 2.24) is 9.55 Å². The summed E-state index contributed by atoms with van der Waals surface area (Å²) in [5.74, 6) is 1.63. The summed E-state index contributed by atoms with van der Waals surface area (Å²) in [7, 11) is 0. The minimum Gasteiger partial charge on any atom is -0.268 e. The van der Waals surface area contributed by atoms with Crippen molar-refractivity contribution in [2.75, 3.05) is 5.75 Å². The summed E-state index contributed by atoms with van der Waals surface area (Å²) in [6.45, 7) is 4.47. The number of hydrogen-bond donors (Lipinski definition) is 0. The lowest BCUT2D eigenvalue weighted by Crippen LogP contribution is -2.22. The van der Waals surface area contributed by atoms with Gasteiger partial charge in [-0.2, -0.15) is 0 Å². The number of nitrogens with zero attached hydrogens (tertiary/aromatic N) is 2. The average molecular weight is 385 g/mol. The third kappa shape index (κ3) is 3.23. The van der Waals surface area contributed by atoms with Gasteiger partial charge in [-0.3, -0.25) is 9.36 Å². The van der Waals surface area contributed by atoms with Gasteiger partial charge in [0.15, 0.2) is 5.16 Å². The fraction of sp³-hybridized carbons (Fsp3) is 0.429. The number of rotatable bonds is 5. The average Bonchev–Trinajstić information content (AvgIpc) is 3.00. The van der Waals surface area contributed by atoms with Crippen LogP contribution in [0.15, 0.2) is 40.3 Å². The summed E-state index contributed by atoms with van der Waals surface area (Å²) >= 11 is 3.44. The Bertz CT molecular complexity index is 975. The van der Waals surface area contributed by atoms with E-state index >= 15 is 0 Å². The van der Waals surface area contributed by atoms with Gasteiger partial charge in [0.1, 0.15) is 4.83 Å². The summed E-state index contributed by atoms with van der Waals surface area (Å²) < 4.78 is 1.83. The molecule has 0 spiro atoms. The molecule has 0 saturated heterocycles. The van der Waals surface area contributed by atoms with Gasteiger partial charge >= 0.3 is 0 Å². The molecule has 3 aromatic rings. The zero-order valence-corrected chi connectivity index (χ0v) is 17.0. The van der Waals surface area contributed by atoms with Gasteiger partial charge in [-0.25, -0.2) is 4.98 Å². The highest BCUT2D eigenvalue weighted by molar-refractivity contribution is 7.99. The van der Waals surface area contributed by atoms with Crippen LogP contribution >= 0.6 is 23.1 Å². The first kappa shape index (κ1) is 17.8. The van der Waals surface area contributed by atoms with Crippen LogP contribution in [0.4, 0.5) is 0 Å². The summed E-state index contributed by atoms with van der Waals surface area (Å²) in [6, 6.07) is 9.95. The first-order valence-electron chi connectivity index (χ1n) is 9.44. The number of hydrogen-bond acceptors (Lipinski definition) is 4. The largest absolute Gasteiger partial charge is 0.268 e. The van der Waals surface area contributed by atoms with Gasteiger partial charge in [-0.15, -0.1) is 11.3 Å². The van der Waals surface area contributed by atoms with E-state index in [0.29, 0.717) is 5.92 Å². The van der Waals surface area contributed by atoms with Crippen LogP contribution in [0.2, 0.25) is 0 Å². The number of unbranched alkanes of at least 4 members (excludes halogenated alkanes) is 1. The molecule has 1 aliphatic carbocycles. The fourth-order valence-corrected chi connectivity index (χ4v) is 5.94. The van der Waals surface area contributed by atoms with Crippen molar-refractivity contribution < 1.29 is 0 Å². The molecule has 1 aromatic carbocycles. The van der Waals surface area contributed by atoms with Crippen LogP contribution in [0.5, 0.6) is 0 Å². The highest BCUT2D eigenvalue weighted by Crippen LogP contribution is 2.37. The highest BCUT2D eigenvalue weighted by atomic mass is 32.2. The van der Waals surface area contributed by atoms with Crippen molar-refractivity contribution in [2.24, 2.45) is 5.92 Å². The molecule has 4 rings (SSSR count). The van der Waals surface area contributed by atoms with Crippen LogP contribution in [0.1, 0.15) is 43.6 Å². The zero-order valence-electron chi connectivity index (χ0n) is 15.3. The molecule has 1 unspecified atom stereocenters. The lowest BCUT2D eigenvalue weighted by atomic mass is 9.89. The van der Waals surface area contributed by atoms with Crippen LogP contribution in [-0.4, -0.2) is 15.3 Å². The lowest BCUT2D eigenvalue weighted by molar-refractivity contribution is 0.508. The lowest BCUT2D eigenvalue weighted by Gasteiger charge is -2.18. The second-order valence-electron chi connectivity index (χ2n) is 7.10. The van der Waals surface area contributed by atoms with Crippen molar-refractivity contribution in [1.29, 1.82) is 0 Å². The molecular formula is C21H24N2OS2. The van der Waals surface area contributed by atoms with E-state index in [1.54, 1.807) is 23.1 Å². The molecule has 2 heterocycles. The van der Waals surface area contributed by atoms with Crippen molar-refractivity contribution in [3.8, 4) is 5.69 Å². The number of thioether (sulfide) groups is 1. The van der Waals surface area contributed by atoms with Gasteiger partial charge in [0.2, 0.25) is 0 Å². The third-order valence-corrected chi connectivity index (χ3v) is 7.25. The topological polar surface area (TPSA) is 34.9 Å². The molecule has 0 aliphatic heterocycles. The quantitative estimate of drug-likeness (QED) is 0.333. The minimum absolute atomic E-state index is 0.104. The number of para-hydroxylation sites is 1. The number of thiophene rings is 1. The maximum Gasteiger partial charge on any atom is 0.267 e. The second-order valence-corrected chi connectivity index (χ2v) is 9.25. The van der Waals surface area contributed by atoms with Crippen molar-refractivity contribution in [2.45, 2.75) is 51.1 Å². The second kappa shape index (κ2) is 7.57. The highest BCUT2D eigenvalue weighted by Gasteiger charge is 2.25. The SMILES string of the molecule is CCCCSc1nc2sc3c(c2c(=O)n1-c1ccccc1)CC(C)CC3. The van der Waals surface area contributed by atoms with E-state index in [9.17, 15) is 4.79 Å². The normalized spacial score (nSPS) is 16.8. The molecule has 26 heavy (non-hydrogen) atoms. The van der Waals surface area contributed by atoms with E-state index in [1.165, 1.54) is 16.9 Å². The predicted octanol–water partition coefficient (Wildman–Crippen LogP) is 5.46. The summed E-state index contributed by atoms with van der Waals surface area (Å²) in [6.07, 6.45) is 5.58. The van der Waals surface area contributed by atoms with E-state index in [2.05, 4.69) is 13.8 Å². The van der Waals surface area contributed by atoms with Gasteiger partial charge in [-0.05, 0) is 49.3 Å². The predicted molar refractivity (Wildman–Crippen MR) is 112 cm³/mol. The molecular weight excluding hydrogens is 360 g/mol. The van der Waals surface area contributed by atoms with E-state index in [4.69, 9.17) is 4.98 Å². The number of aromatic nitrogens is 2. The molecule has 1 atom stereocenters. The molecule has 0 N–H and O–H groups in total.